The van der Waals surface area contributed by atoms with Gasteiger partial charge in [-0.25, -0.2) is 0 Å². The number of nitrogens with zero attached hydrogens (tertiary/aromatic N) is 1. The molecule has 2 aromatic carbocycles. The van der Waals surface area contributed by atoms with Crippen LogP contribution in [0.1, 0.15) is 25.0 Å². The molecule has 1 heterocycles. The number of non-ortho nitro benzene ring substituents is 1. The molecule has 0 atom stereocenters. The van der Waals surface area contributed by atoms with Gasteiger partial charge in [0.15, 0.2) is 0 Å². The lowest BCUT2D eigenvalue weighted by Crippen LogP contribution is -2.04. The van der Waals surface area contributed by atoms with Crippen molar-refractivity contribution >= 4 is 17.0 Å². The summed E-state index contributed by atoms with van der Waals surface area (Å²) in [6.45, 7) is 4.08. The molecule has 0 unspecified atom stereocenters. The van der Waals surface area contributed by atoms with Crippen LogP contribution < -0.4 is 4.74 Å². The normalized spacial score (nSPS) is 13.0. The van der Waals surface area contributed by atoms with Crippen LogP contribution in [0.4, 0.5) is 5.69 Å². The molecule has 1 aliphatic rings. The number of allylic oxidation sites excluding steroid dienone is 3. The first-order chi connectivity index (χ1) is 10.6. The number of fused-ring (bicyclic) bond motifs is 1. The zero-order chi connectivity index (χ0) is 15.7. The first-order valence-corrected chi connectivity index (χ1v) is 6.97. The van der Waals surface area contributed by atoms with Crippen molar-refractivity contribution in [1.29, 1.82) is 0 Å². The monoisotopic (exact) mass is 293 g/mol. The second-order valence-corrected chi connectivity index (χ2v) is 5.33. The summed E-state index contributed by atoms with van der Waals surface area (Å²) in [6.07, 6.45) is 1.94. The molecule has 0 bridgehead atoms. The summed E-state index contributed by atoms with van der Waals surface area (Å²) in [5.41, 5.74) is 4.04. The Bertz CT molecular complexity index is 815. The van der Waals surface area contributed by atoms with Gasteiger partial charge in [0.2, 0.25) is 0 Å². The van der Waals surface area contributed by atoms with Gasteiger partial charge < -0.3 is 4.74 Å². The third-order valence-electron chi connectivity index (χ3n) is 3.55. The third-order valence-corrected chi connectivity index (χ3v) is 3.55. The summed E-state index contributed by atoms with van der Waals surface area (Å²) in [5.74, 6) is 1.39. The van der Waals surface area contributed by atoms with E-state index in [1.165, 1.54) is 17.7 Å². The van der Waals surface area contributed by atoms with E-state index in [1.807, 2.05) is 50.3 Å². The molecule has 0 spiro atoms. The van der Waals surface area contributed by atoms with E-state index >= 15 is 0 Å². The number of nitro benzene ring substituents is 1. The Kier molecular flexibility index (Phi) is 3.51. The van der Waals surface area contributed by atoms with E-state index in [4.69, 9.17) is 4.74 Å². The van der Waals surface area contributed by atoms with Crippen LogP contribution in [-0.2, 0) is 0 Å². The summed E-state index contributed by atoms with van der Waals surface area (Å²) in [5, 5.41) is 10.9. The van der Waals surface area contributed by atoms with Crippen molar-refractivity contribution in [2.75, 3.05) is 0 Å². The van der Waals surface area contributed by atoms with E-state index in [1.54, 1.807) is 6.07 Å². The van der Waals surface area contributed by atoms with E-state index in [2.05, 4.69) is 0 Å². The molecule has 0 N–H and O–H groups in total. The minimum absolute atomic E-state index is 0.0552. The van der Waals surface area contributed by atoms with Crippen LogP contribution in [0.25, 0.3) is 11.3 Å². The summed E-state index contributed by atoms with van der Waals surface area (Å²) < 4.78 is 5.94. The standard InChI is InChI=1S/C18H15NO3/c1-12(2)16-11-18(22-17-9-4-3-8-15(16)17)13-6-5-7-14(10-13)19(20)21/h3-11H,1-2H3. The van der Waals surface area contributed by atoms with Gasteiger partial charge in [-0.3, -0.25) is 10.1 Å². The second kappa shape index (κ2) is 5.48. The highest BCUT2D eigenvalue weighted by Crippen LogP contribution is 2.38. The molecule has 0 radical (unpaired) electrons. The van der Waals surface area contributed by atoms with E-state index in [-0.39, 0.29) is 5.69 Å². The van der Waals surface area contributed by atoms with Crippen LogP contribution in [0, 0.1) is 10.1 Å². The van der Waals surface area contributed by atoms with Crippen LogP contribution in [-0.4, -0.2) is 4.92 Å². The van der Waals surface area contributed by atoms with Gasteiger partial charge in [-0.2, -0.15) is 0 Å². The van der Waals surface area contributed by atoms with Crippen molar-refractivity contribution in [3.8, 4) is 5.75 Å². The molecule has 0 amide bonds. The molecule has 3 rings (SSSR count). The zero-order valence-electron chi connectivity index (χ0n) is 12.4. The summed E-state index contributed by atoms with van der Waals surface area (Å²) >= 11 is 0. The molecule has 2 aromatic rings. The van der Waals surface area contributed by atoms with Crippen LogP contribution in [0.5, 0.6) is 5.75 Å². The SMILES string of the molecule is CC(C)=C1C=C(c2cccc([N+](=O)[O-])c2)Oc2ccccc21. The number of nitro groups is 1. The Morgan fingerprint density at radius 1 is 1.09 bits per heavy atom. The van der Waals surface area contributed by atoms with E-state index < -0.39 is 4.92 Å². The average molecular weight is 293 g/mol. The van der Waals surface area contributed by atoms with Crippen molar-refractivity contribution < 1.29 is 9.66 Å². The Morgan fingerprint density at radius 2 is 1.86 bits per heavy atom. The zero-order valence-corrected chi connectivity index (χ0v) is 12.4. The fourth-order valence-electron chi connectivity index (χ4n) is 2.46. The molecule has 0 fully saturated rings. The maximum absolute atomic E-state index is 10.9. The molecule has 4 heteroatoms. The van der Waals surface area contributed by atoms with Crippen molar-refractivity contribution in [3.63, 3.8) is 0 Å². The smallest absolute Gasteiger partial charge is 0.270 e. The average Bonchev–Trinajstić information content (AvgIpc) is 2.53. The van der Waals surface area contributed by atoms with Gasteiger partial charge in [-0.15, -0.1) is 0 Å². The van der Waals surface area contributed by atoms with Gasteiger partial charge in [0.1, 0.15) is 11.5 Å². The third kappa shape index (κ3) is 2.51. The van der Waals surface area contributed by atoms with Crippen molar-refractivity contribution in [2.45, 2.75) is 13.8 Å². The molecule has 0 saturated carbocycles. The molecular formula is C18H15NO3. The van der Waals surface area contributed by atoms with Crippen LogP contribution in [0.3, 0.4) is 0 Å². The van der Waals surface area contributed by atoms with Gasteiger partial charge in [0.05, 0.1) is 4.92 Å². The Labute approximate surface area is 128 Å². The van der Waals surface area contributed by atoms with Crippen molar-refractivity contribution in [2.24, 2.45) is 0 Å². The quantitative estimate of drug-likeness (QED) is 0.589. The van der Waals surface area contributed by atoms with E-state index in [0.29, 0.717) is 11.3 Å². The number of para-hydroxylation sites is 1. The minimum atomic E-state index is -0.400. The lowest BCUT2D eigenvalue weighted by atomic mass is 9.96. The van der Waals surface area contributed by atoms with Crippen LogP contribution in [0.15, 0.2) is 60.2 Å². The maximum Gasteiger partial charge on any atom is 0.270 e. The van der Waals surface area contributed by atoms with Gasteiger partial charge in [0, 0.05) is 23.3 Å². The van der Waals surface area contributed by atoms with Crippen molar-refractivity contribution in [1.82, 2.24) is 0 Å². The van der Waals surface area contributed by atoms with E-state index in [0.717, 1.165) is 16.9 Å². The molecule has 0 aliphatic carbocycles. The number of ether oxygens (including phenoxy) is 1. The fourth-order valence-corrected chi connectivity index (χ4v) is 2.46. The molecular weight excluding hydrogens is 278 g/mol. The lowest BCUT2D eigenvalue weighted by Gasteiger charge is -2.21. The first-order valence-electron chi connectivity index (χ1n) is 6.97. The van der Waals surface area contributed by atoms with E-state index in [9.17, 15) is 10.1 Å². The molecule has 22 heavy (non-hydrogen) atoms. The van der Waals surface area contributed by atoms with Crippen LogP contribution >= 0.6 is 0 Å². The first kappa shape index (κ1) is 14.1. The highest BCUT2D eigenvalue weighted by molar-refractivity contribution is 5.89. The molecule has 110 valence electrons. The minimum Gasteiger partial charge on any atom is -0.456 e. The Hall–Kier alpha value is -2.88. The topological polar surface area (TPSA) is 52.4 Å². The molecule has 0 saturated heterocycles. The van der Waals surface area contributed by atoms with Gasteiger partial charge in [-0.05, 0) is 31.6 Å². The predicted molar refractivity (Wildman–Crippen MR) is 86.4 cm³/mol. The van der Waals surface area contributed by atoms with Gasteiger partial charge >= 0.3 is 0 Å². The Balaban J connectivity index is 2.12. The van der Waals surface area contributed by atoms with Crippen LogP contribution in [0.2, 0.25) is 0 Å². The number of benzene rings is 2. The van der Waals surface area contributed by atoms with Gasteiger partial charge in [0.25, 0.3) is 5.69 Å². The second-order valence-electron chi connectivity index (χ2n) is 5.33. The Morgan fingerprint density at radius 3 is 2.59 bits per heavy atom. The summed E-state index contributed by atoms with van der Waals surface area (Å²) in [4.78, 5) is 10.5. The fraction of sp³-hybridized carbons (Fsp3) is 0.111. The predicted octanol–water partition coefficient (Wildman–Crippen LogP) is 4.82. The largest absolute Gasteiger partial charge is 0.456 e. The van der Waals surface area contributed by atoms with Crippen molar-refractivity contribution in [3.05, 3.63) is 81.4 Å². The number of hydrogen-bond acceptors (Lipinski definition) is 3. The lowest BCUT2D eigenvalue weighted by molar-refractivity contribution is -0.384. The highest BCUT2D eigenvalue weighted by Gasteiger charge is 2.19. The molecule has 1 aliphatic heterocycles. The number of hydrogen-bond donors (Lipinski definition) is 0. The highest BCUT2D eigenvalue weighted by atomic mass is 16.6. The summed E-state index contributed by atoms with van der Waals surface area (Å²) in [7, 11) is 0. The molecule has 4 nitrogen and oxygen atoms in total. The summed E-state index contributed by atoms with van der Waals surface area (Å²) in [6, 6.07) is 14.3. The molecule has 0 aromatic heterocycles. The number of rotatable bonds is 2. The van der Waals surface area contributed by atoms with Gasteiger partial charge in [-0.1, -0.05) is 35.9 Å². The maximum atomic E-state index is 10.9.